The quantitative estimate of drug-likeness (QED) is 0.649. The molecular weight excluding hydrogens is 300 g/mol. The molecule has 1 aliphatic carbocycles. The molecule has 0 aromatic rings. The topological polar surface area (TPSA) is 99.1 Å². The molecule has 1 saturated carbocycles. The Labute approximate surface area is 137 Å². The normalized spacial score (nSPS) is 27.5. The average molecular weight is 328 g/mol. The van der Waals surface area contributed by atoms with Crippen LogP contribution in [0.15, 0.2) is 0 Å². The number of β-amino-alcohol motifs (C(OH)–C–C–N with tert-alkyl or cyclic N) is 1. The fraction of sp³-hybridized carbons (Fsp3) is 0.875. The zero-order chi connectivity index (χ0) is 16.9. The Balaban J connectivity index is 1.79. The summed E-state index contributed by atoms with van der Waals surface area (Å²) in [6.07, 6.45) is 4.05. The molecule has 2 rings (SSSR count). The van der Waals surface area contributed by atoms with Crippen molar-refractivity contribution in [3.8, 4) is 0 Å². The van der Waals surface area contributed by atoms with Crippen LogP contribution in [-0.4, -0.2) is 71.0 Å². The molecule has 132 valence electrons. The van der Waals surface area contributed by atoms with Crippen LogP contribution in [0.1, 0.15) is 45.4 Å². The van der Waals surface area contributed by atoms with Gasteiger partial charge in [0.2, 0.25) is 11.8 Å². The summed E-state index contributed by atoms with van der Waals surface area (Å²) in [4.78, 5) is 25.1. The first kappa shape index (κ1) is 18.2. The van der Waals surface area contributed by atoms with Crippen molar-refractivity contribution < 1.29 is 24.5 Å². The van der Waals surface area contributed by atoms with Crippen molar-refractivity contribution in [1.29, 1.82) is 0 Å². The third-order valence-corrected chi connectivity index (χ3v) is 4.74. The Morgan fingerprint density at radius 3 is 2.57 bits per heavy atom. The molecule has 0 aromatic heterocycles. The summed E-state index contributed by atoms with van der Waals surface area (Å²) in [6, 6.07) is 0. The van der Waals surface area contributed by atoms with Crippen LogP contribution < -0.4 is 5.32 Å². The zero-order valence-corrected chi connectivity index (χ0v) is 13.8. The van der Waals surface area contributed by atoms with E-state index in [0.29, 0.717) is 26.1 Å². The molecule has 0 unspecified atom stereocenters. The van der Waals surface area contributed by atoms with Crippen molar-refractivity contribution in [1.82, 2.24) is 10.2 Å². The first-order chi connectivity index (χ1) is 10.8. The van der Waals surface area contributed by atoms with Crippen LogP contribution in [0.25, 0.3) is 0 Å². The Kier molecular flexibility index (Phi) is 6.00. The molecule has 0 radical (unpaired) electrons. The van der Waals surface area contributed by atoms with Gasteiger partial charge in [-0.1, -0.05) is 12.8 Å². The summed E-state index contributed by atoms with van der Waals surface area (Å²) in [5.41, 5.74) is -2.02. The van der Waals surface area contributed by atoms with E-state index in [1.54, 1.807) is 0 Å². The molecule has 0 spiro atoms. The molecule has 23 heavy (non-hydrogen) atoms. The zero-order valence-electron chi connectivity index (χ0n) is 13.8. The Morgan fingerprint density at radius 1 is 1.22 bits per heavy atom. The van der Waals surface area contributed by atoms with E-state index in [1.165, 1.54) is 11.8 Å². The first-order valence-electron chi connectivity index (χ1n) is 8.37. The predicted octanol–water partition coefficient (Wildman–Crippen LogP) is -0.202. The second-order valence-corrected chi connectivity index (χ2v) is 6.93. The van der Waals surface area contributed by atoms with E-state index in [1.807, 2.05) is 0 Å². The maximum atomic E-state index is 12.1. The van der Waals surface area contributed by atoms with Gasteiger partial charge in [-0.3, -0.25) is 9.59 Å². The van der Waals surface area contributed by atoms with E-state index < -0.39 is 11.2 Å². The summed E-state index contributed by atoms with van der Waals surface area (Å²) in [5, 5.41) is 23.6. The Morgan fingerprint density at radius 2 is 1.91 bits per heavy atom. The molecule has 7 nitrogen and oxygen atoms in total. The summed E-state index contributed by atoms with van der Waals surface area (Å²) < 4.78 is 5.33. The van der Waals surface area contributed by atoms with Gasteiger partial charge >= 0.3 is 0 Å². The van der Waals surface area contributed by atoms with Crippen LogP contribution in [0.5, 0.6) is 0 Å². The number of amides is 2. The van der Waals surface area contributed by atoms with E-state index in [4.69, 9.17) is 4.74 Å². The van der Waals surface area contributed by atoms with E-state index in [2.05, 4.69) is 5.32 Å². The number of carbonyl (C=O) groups is 2. The minimum absolute atomic E-state index is 0.0359. The summed E-state index contributed by atoms with van der Waals surface area (Å²) in [7, 11) is 0. The lowest BCUT2D eigenvalue weighted by Crippen LogP contribution is -2.49. The Hall–Kier alpha value is -1.18. The van der Waals surface area contributed by atoms with Crippen LogP contribution >= 0.6 is 0 Å². The van der Waals surface area contributed by atoms with E-state index in [9.17, 15) is 19.8 Å². The molecule has 7 heteroatoms. The fourth-order valence-electron chi connectivity index (χ4n) is 3.37. The van der Waals surface area contributed by atoms with Gasteiger partial charge in [-0.2, -0.15) is 0 Å². The molecular formula is C16H28N2O5. The molecule has 2 fully saturated rings. The van der Waals surface area contributed by atoms with Gasteiger partial charge in [0, 0.05) is 20.0 Å². The van der Waals surface area contributed by atoms with Gasteiger partial charge in [0.15, 0.2) is 0 Å². The molecule has 0 aromatic carbocycles. The number of carbonyl (C=O) groups excluding carboxylic acids is 2. The minimum atomic E-state index is -1.36. The lowest BCUT2D eigenvalue weighted by Gasteiger charge is -2.30. The standard InChI is InChI=1S/C16H28N2O5/c1-13(19)18-8-9-23-12-16(22,11-18)10-14(20)17-7-6-15(21)4-2-3-5-15/h21-22H,2-12H2,1H3,(H,17,20)/t16-/m1/s1. The highest BCUT2D eigenvalue weighted by atomic mass is 16.5. The van der Waals surface area contributed by atoms with Crippen molar-refractivity contribution in [2.75, 3.05) is 32.8 Å². The van der Waals surface area contributed by atoms with Gasteiger partial charge in [-0.25, -0.2) is 0 Å². The van der Waals surface area contributed by atoms with E-state index in [-0.39, 0.29) is 31.4 Å². The van der Waals surface area contributed by atoms with Gasteiger partial charge in [-0.15, -0.1) is 0 Å². The number of nitrogens with one attached hydrogen (secondary N) is 1. The van der Waals surface area contributed by atoms with Crippen LogP contribution in [0.4, 0.5) is 0 Å². The Bertz CT molecular complexity index is 436. The SMILES string of the molecule is CC(=O)N1CCOC[C@@](O)(CC(=O)NCCC2(O)CCCC2)C1. The first-order valence-corrected chi connectivity index (χ1v) is 8.37. The van der Waals surface area contributed by atoms with Gasteiger partial charge in [0.05, 0.1) is 31.8 Å². The lowest BCUT2D eigenvalue weighted by molar-refractivity contribution is -0.136. The van der Waals surface area contributed by atoms with Gasteiger partial charge < -0.3 is 25.2 Å². The van der Waals surface area contributed by atoms with Gasteiger partial charge in [0.25, 0.3) is 0 Å². The molecule has 1 atom stereocenters. The number of hydrogen-bond donors (Lipinski definition) is 3. The summed E-state index contributed by atoms with van der Waals surface area (Å²) >= 11 is 0. The maximum absolute atomic E-state index is 12.1. The number of rotatable bonds is 5. The third kappa shape index (κ3) is 5.44. The van der Waals surface area contributed by atoms with Crippen molar-refractivity contribution in [2.24, 2.45) is 0 Å². The highest BCUT2D eigenvalue weighted by Gasteiger charge is 2.36. The van der Waals surface area contributed by atoms with Crippen molar-refractivity contribution in [3.05, 3.63) is 0 Å². The number of nitrogens with zero attached hydrogens (tertiary/aromatic N) is 1. The third-order valence-electron chi connectivity index (χ3n) is 4.74. The fourth-order valence-corrected chi connectivity index (χ4v) is 3.37. The maximum Gasteiger partial charge on any atom is 0.223 e. The van der Waals surface area contributed by atoms with Crippen LogP contribution in [0.2, 0.25) is 0 Å². The van der Waals surface area contributed by atoms with Crippen molar-refractivity contribution >= 4 is 11.8 Å². The van der Waals surface area contributed by atoms with Gasteiger partial charge in [-0.05, 0) is 19.3 Å². The number of hydrogen-bond acceptors (Lipinski definition) is 5. The second kappa shape index (κ2) is 7.59. The largest absolute Gasteiger partial charge is 0.390 e. The summed E-state index contributed by atoms with van der Waals surface area (Å²) in [6.45, 7) is 2.74. The van der Waals surface area contributed by atoms with Crippen molar-refractivity contribution in [3.63, 3.8) is 0 Å². The van der Waals surface area contributed by atoms with Crippen LogP contribution in [0, 0.1) is 0 Å². The van der Waals surface area contributed by atoms with Gasteiger partial charge in [0.1, 0.15) is 5.60 Å². The molecule has 1 aliphatic heterocycles. The molecule has 2 aliphatic rings. The van der Waals surface area contributed by atoms with Crippen LogP contribution in [0.3, 0.4) is 0 Å². The molecule has 0 bridgehead atoms. The highest BCUT2D eigenvalue weighted by Crippen LogP contribution is 2.31. The second-order valence-electron chi connectivity index (χ2n) is 6.93. The van der Waals surface area contributed by atoms with Crippen LogP contribution in [-0.2, 0) is 14.3 Å². The minimum Gasteiger partial charge on any atom is -0.390 e. The molecule has 1 saturated heterocycles. The predicted molar refractivity (Wildman–Crippen MR) is 83.7 cm³/mol. The lowest BCUT2D eigenvalue weighted by atomic mass is 9.97. The van der Waals surface area contributed by atoms with E-state index >= 15 is 0 Å². The van der Waals surface area contributed by atoms with Crippen molar-refractivity contribution in [2.45, 2.75) is 56.7 Å². The molecule has 2 amide bonds. The smallest absolute Gasteiger partial charge is 0.223 e. The molecule has 3 N–H and O–H groups in total. The summed E-state index contributed by atoms with van der Waals surface area (Å²) in [5.74, 6) is -0.430. The molecule has 1 heterocycles. The monoisotopic (exact) mass is 328 g/mol. The number of ether oxygens (including phenoxy) is 1. The average Bonchev–Trinajstić information content (AvgIpc) is 2.78. The highest BCUT2D eigenvalue weighted by molar-refractivity contribution is 5.77. The van der Waals surface area contributed by atoms with E-state index in [0.717, 1.165) is 25.7 Å². The number of aliphatic hydroxyl groups is 2.